The highest BCUT2D eigenvalue weighted by Gasteiger charge is 2.23. The van der Waals surface area contributed by atoms with E-state index in [-0.39, 0.29) is 11.9 Å². The predicted octanol–water partition coefficient (Wildman–Crippen LogP) is 3.71. The molecule has 5 heteroatoms. The molecule has 0 aliphatic carbocycles. The first-order valence-corrected chi connectivity index (χ1v) is 10.1. The van der Waals surface area contributed by atoms with Gasteiger partial charge >= 0.3 is 0 Å². The molecule has 1 unspecified atom stereocenters. The van der Waals surface area contributed by atoms with Gasteiger partial charge in [-0.2, -0.15) is 0 Å². The summed E-state index contributed by atoms with van der Waals surface area (Å²) >= 11 is 2.25. The Kier molecular flexibility index (Phi) is 6.67. The number of benzene rings is 2. The Labute approximate surface area is 169 Å². The van der Waals surface area contributed by atoms with Gasteiger partial charge in [0, 0.05) is 23.2 Å². The minimum Gasteiger partial charge on any atom is -0.379 e. The van der Waals surface area contributed by atoms with Crippen molar-refractivity contribution in [1.29, 1.82) is 0 Å². The fourth-order valence-corrected chi connectivity index (χ4v) is 3.85. The van der Waals surface area contributed by atoms with E-state index in [1.54, 1.807) is 0 Å². The van der Waals surface area contributed by atoms with Crippen LogP contribution in [0.2, 0.25) is 0 Å². The quantitative estimate of drug-likeness (QED) is 0.687. The smallest absolute Gasteiger partial charge is 0.252 e. The Morgan fingerprint density at radius 1 is 1.15 bits per heavy atom. The molecule has 3 rings (SSSR count). The average Bonchev–Trinajstić information content (AvgIpc) is 2.66. The monoisotopic (exact) mass is 464 g/mol. The molecule has 0 saturated carbocycles. The summed E-state index contributed by atoms with van der Waals surface area (Å²) in [6.45, 7) is 7.97. The van der Waals surface area contributed by atoms with Crippen molar-refractivity contribution in [3.05, 3.63) is 68.3 Å². The maximum absolute atomic E-state index is 12.7. The number of ether oxygens (including phenoxy) is 1. The van der Waals surface area contributed by atoms with E-state index >= 15 is 0 Å². The summed E-state index contributed by atoms with van der Waals surface area (Å²) in [5, 5.41) is 3.15. The van der Waals surface area contributed by atoms with Gasteiger partial charge in [-0.1, -0.05) is 42.0 Å². The lowest BCUT2D eigenvalue weighted by atomic mass is 10.0. The molecule has 0 spiro atoms. The number of carbonyl (C=O) groups is 1. The van der Waals surface area contributed by atoms with Crippen LogP contribution < -0.4 is 5.32 Å². The highest BCUT2D eigenvalue weighted by Crippen LogP contribution is 2.22. The normalized spacial score (nSPS) is 16.3. The second-order valence-electron chi connectivity index (χ2n) is 6.72. The maximum Gasteiger partial charge on any atom is 0.252 e. The summed E-state index contributed by atoms with van der Waals surface area (Å²) in [6, 6.07) is 14.6. The van der Waals surface area contributed by atoms with Crippen LogP contribution in [-0.2, 0) is 4.74 Å². The molecular weight excluding hydrogens is 439 g/mol. The third-order valence-electron chi connectivity index (χ3n) is 4.84. The van der Waals surface area contributed by atoms with Gasteiger partial charge in [0.15, 0.2) is 0 Å². The predicted molar refractivity (Wildman–Crippen MR) is 113 cm³/mol. The number of aryl methyl sites for hydroxylation is 2. The molecular formula is C21H25IN2O2. The van der Waals surface area contributed by atoms with Crippen LogP contribution in [0.25, 0.3) is 0 Å². The standard InChI is InChI=1S/C21H25IN2O2/c1-15-6-8-17(9-7-15)19(24-10-12-26-13-11-24)14-23-21(25)18-5-3-4-16(2)20(18)22/h3-9,19H,10-14H2,1-2H3,(H,23,25). The van der Waals surface area contributed by atoms with Crippen molar-refractivity contribution in [3.63, 3.8) is 0 Å². The van der Waals surface area contributed by atoms with Crippen molar-refractivity contribution in [3.8, 4) is 0 Å². The van der Waals surface area contributed by atoms with Crippen LogP contribution in [0, 0.1) is 17.4 Å². The molecule has 4 nitrogen and oxygen atoms in total. The van der Waals surface area contributed by atoms with Crippen molar-refractivity contribution >= 4 is 28.5 Å². The zero-order chi connectivity index (χ0) is 18.5. The van der Waals surface area contributed by atoms with Crippen molar-refractivity contribution in [2.75, 3.05) is 32.8 Å². The molecule has 0 radical (unpaired) electrons. The van der Waals surface area contributed by atoms with Gasteiger partial charge in [-0.05, 0) is 53.6 Å². The third kappa shape index (κ3) is 4.64. The number of halogens is 1. The minimum atomic E-state index is -0.0107. The Bertz CT molecular complexity index is 755. The van der Waals surface area contributed by atoms with Crippen molar-refractivity contribution < 1.29 is 9.53 Å². The largest absolute Gasteiger partial charge is 0.379 e. The molecule has 0 bridgehead atoms. The lowest BCUT2D eigenvalue weighted by Gasteiger charge is -2.35. The van der Waals surface area contributed by atoms with Gasteiger partial charge in [0.1, 0.15) is 0 Å². The fourth-order valence-electron chi connectivity index (χ4n) is 3.24. The molecule has 26 heavy (non-hydrogen) atoms. The number of hydrogen-bond acceptors (Lipinski definition) is 3. The average molecular weight is 464 g/mol. The summed E-state index contributed by atoms with van der Waals surface area (Å²) in [5.74, 6) is -0.0107. The van der Waals surface area contributed by atoms with E-state index in [0.29, 0.717) is 6.54 Å². The van der Waals surface area contributed by atoms with E-state index in [2.05, 4.69) is 64.0 Å². The molecule has 1 heterocycles. The Morgan fingerprint density at radius 2 is 1.85 bits per heavy atom. The first-order valence-electron chi connectivity index (χ1n) is 8.98. The maximum atomic E-state index is 12.7. The molecule has 138 valence electrons. The number of rotatable bonds is 5. The van der Waals surface area contributed by atoms with Gasteiger partial charge in [-0.25, -0.2) is 0 Å². The zero-order valence-electron chi connectivity index (χ0n) is 15.3. The lowest BCUT2D eigenvalue weighted by molar-refractivity contribution is 0.0162. The van der Waals surface area contributed by atoms with Gasteiger partial charge in [-0.15, -0.1) is 0 Å². The number of nitrogens with one attached hydrogen (secondary N) is 1. The van der Waals surface area contributed by atoms with Gasteiger partial charge in [0.2, 0.25) is 0 Å². The highest BCUT2D eigenvalue weighted by molar-refractivity contribution is 14.1. The number of hydrogen-bond donors (Lipinski definition) is 1. The molecule has 2 aromatic rings. The van der Waals surface area contributed by atoms with Gasteiger partial charge in [-0.3, -0.25) is 9.69 Å². The van der Waals surface area contributed by atoms with Crippen LogP contribution in [-0.4, -0.2) is 43.7 Å². The Morgan fingerprint density at radius 3 is 2.54 bits per heavy atom. The van der Waals surface area contributed by atoms with Crippen LogP contribution in [0.1, 0.15) is 33.1 Å². The summed E-state index contributed by atoms with van der Waals surface area (Å²) in [5.41, 5.74) is 4.35. The Balaban J connectivity index is 1.76. The highest BCUT2D eigenvalue weighted by atomic mass is 127. The van der Waals surface area contributed by atoms with Gasteiger partial charge in [0.05, 0.1) is 24.8 Å². The second kappa shape index (κ2) is 8.97. The number of nitrogens with zero attached hydrogens (tertiary/aromatic N) is 1. The van der Waals surface area contributed by atoms with Gasteiger partial charge in [0.25, 0.3) is 5.91 Å². The molecule has 1 fully saturated rings. The second-order valence-corrected chi connectivity index (χ2v) is 7.80. The summed E-state index contributed by atoms with van der Waals surface area (Å²) in [7, 11) is 0. The summed E-state index contributed by atoms with van der Waals surface area (Å²) in [6.07, 6.45) is 0. The third-order valence-corrected chi connectivity index (χ3v) is 6.27. The molecule has 1 N–H and O–H groups in total. The van der Waals surface area contributed by atoms with E-state index < -0.39 is 0 Å². The molecule has 1 saturated heterocycles. The number of morpholine rings is 1. The van der Waals surface area contributed by atoms with E-state index in [4.69, 9.17) is 4.74 Å². The molecule has 1 aliphatic rings. The number of carbonyl (C=O) groups excluding carboxylic acids is 1. The number of amides is 1. The molecule has 1 atom stereocenters. The van der Waals surface area contributed by atoms with Crippen LogP contribution in [0.15, 0.2) is 42.5 Å². The van der Waals surface area contributed by atoms with Crippen molar-refractivity contribution in [1.82, 2.24) is 10.2 Å². The topological polar surface area (TPSA) is 41.6 Å². The molecule has 0 aromatic heterocycles. The van der Waals surface area contributed by atoms with Crippen LogP contribution in [0.4, 0.5) is 0 Å². The Hall–Kier alpha value is -1.44. The van der Waals surface area contributed by atoms with Crippen molar-refractivity contribution in [2.45, 2.75) is 19.9 Å². The van der Waals surface area contributed by atoms with Crippen molar-refractivity contribution in [2.24, 2.45) is 0 Å². The van der Waals surface area contributed by atoms with Crippen LogP contribution in [0.5, 0.6) is 0 Å². The first-order chi connectivity index (χ1) is 12.6. The van der Waals surface area contributed by atoms with Crippen LogP contribution >= 0.6 is 22.6 Å². The lowest BCUT2D eigenvalue weighted by Crippen LogP contribution is -2.43. The summed E-state index contributed by atoms with van der Waals surface area (Å²) < 4.78 is 6.51. The van der Waals surface area contributed by atoms with E-state index in [1.165, 1.54) is 11.1 Å². The minimum absolute atomic E-state index is 0.0107. The SMILES string of the molecule is Cc1ccc(C(CNC(=O)c2cccc(C)c2I)N2CCOCC2)cc1. The fraction of sp³-hybridized carbons (Fsp3) is 0.381. The van der Waals surface area contributed by atoms with E-state index in [9.17, 15) is 4.79 Å². The zero-order valence-corrected chi connectivity index (χ0v) is 17.5. The van der Waals surface area contributed by atoms with E-state index in [0.717, 1.165) is 41.0 Å². The molecule has 1 aliphatic heterocycles. The van der Waals surface area contributed by atoms with Crippen LogP contribution in [0.3, 0.4) is 0 Å². The van der Waals surface area contributed by atoms with E-state index in [1.807, 2.05) is 25.1 Å². The summed E-state index contributed by atoms with van der Waals surface area (Å²) in [4.78, 5) is 15.1. The molecule has 1 amide bonds. The molecule has 2 aromatic carbocycles. The van der Waals surface area contributed by atoms with Gasteiger partial charge < -0.3 is 10.1 Å². The first kappa shape index (κ1) is 19.3.